The van der Waals surface area contributed by atoms with Gasteiger partial charge < -0.3 is 45.1 Å². The highest BCUT2D eigenvalue weighted by atomic mass is 16.7. The third-order valence-electron chi connectivity index (χ3n) is 8.46. The molecule has 1 amide bonds. The Morgan fingerprint density at radius 3 is 2.45 bits per heavy atom. The van der Waals surface area contributed by atoms with Crippen LogP contribution in [0.25, 0.3) is 0 Å². The first kappa shape index (κ1) is 31.3. The molecule has 5 rings (SSSR count). The van der Waals surface area contributed by atoms with E-state index in [2.05, 4.69) is 11.9 Å². The van der Waals surface area contributed by atoms with E-state index < -0.39 is 102 Å². The first-order valence-electron chi connectivity index (χ1n) is 13.9. The average molecular weight is 612 g/mol. The van der Waals surface area contributed by atoms with Crippen LogP contribution in [0.1, 0.15) is 75.8 Å². The van der Waals surface area contributed by atoms with Gasteiger partial charge in [0.25, 0.3) is 0 Å². The van der Waals surface area contributed by atoms with Crippen molar-refractivity contribution >= 4 is 23.3 Å². The molecule has 234 valence electrons. The number of amides is 1. The predicted molar refractivity (Wildman–Crippen MR) is 151 cm³/mol. The summed E-state index contributed by atoms with van der Waals surface area (Å²) in [5.74, 6) is -4.49. The molecule has 1 fully saturated rings. The lowest BCUT2D eigenvalue weighted by molar-refractivity contribution is -0.249. The maximum absolute atomic E-state index is 13.8. The van der Waals surface area contributed by atoms with Crippen molar-refractivity contribution in [3.63, 3.8) is 0 Å². The molecule has 3 aliphatic rings. The van der Waals surface area contributed by atoms with E-state index in [-0.39, 0.29) is 40.0 Å². The lowest BCUT2D eigenvalue weighted by atomic mass is 9.72. The SMILES string of the molecule is C=C(C)C(=O)NC1CC(O[C@H]2C[C@](O)(C(=O)CO)Cc3c(O)c4c(c(O)c32)C(=O)c2c(OC)cccc2C4=O)OC(C)C1O. The molecule has 0 saturated carbocycles. The van der Waals surface area contributed by atoms with Crippen LogP contribution in [0.3, 0.4) is 0 Å². The van der Waals surface area contributed by atoms with Gasteiger partial charge in [0.05, 0.1) is 42.0 Å². The molecule has 0 aromatic heterocycles. The van der Waals surface area contributed by atoms with Crippen LogP contribution in [0.2, 0.25) is 0 Å². The summed E-state index contributed by atoms with van der Waals surface area (Å²) in [4.78, 5) is 52.4. The van der Waals surface area contributed by atoms with Crippen molar-refractivity contribution in [2.75, 3.05) is 13.7 Å². The van der Waals surface area contributed by atoms with Gasteiger partial charge in [0.2, 0.25) is 11.7 Å². The summed E-state index contributed by atoms with van der Waals surface area (Å²) in [5, 5.41) is 57.3. The third-order valence-corrected chi connectivity index (χ3v) is 8.46. The fourth-order valence-corrected chi connectivity index (χ4v) is 6.15. The fourth-order valence-electron chi connectivity index (χ4n) is 6.15. The minimum absolute atomic E-state index is 0.0739. The molecule has 0 bridgehead atoms. The second-order valence-electron chi connectivity index (χ2n) is 11.4. The molecule has 2 aromatic rings. The van der Waals surface area contributed by atoms with E-state index in [0.29, 0.717) is 0 Å². The Kier molecular flexibility index (Phi) is 8.12. The number of ether oxygens (including phenoxy) is 3. The van der Waals surface area contributed by atoms with Gasteiger partial charge in [0.15, 0.2) is 17.9 Å². The van der Waals surface area contributed by atoms with Gasteiger partial charge in [-0.1, -0.05) is 18.7 Å². The average Bonchev–Trinajstić information content (AvgIpc) is 2.98. The Morgan fingerprint density at radius 1 is 1.14 bits per heavy atom. The molecule has 1 saturated heterocycles. The fraction of sp³-hybridized carbons (Fsp3) is 0.419. The number of carbonyl (C=O) groups excluding carboxylic acids is 4. The number of aromatic hydroxyl groups is 2. The molecule has 44 heavy (non-hydrogen) atoms. The number of nitrogens with one attached hydrogen (secondary N) is 1. The second kappa shape index (κ2) is 11.4. The van der Waals surface area contributed by atoms with Crippen LogP contribution in [0.15, 0.2) is 30.4 Å². The molecule has 13 heteroatoms. The van der Waals surface area contributed by atoms with E-state index in [4.69, 9.17) is 14.2 Å². The van der Waals surface area contributed by atoms with E-state index in [1.165, 1.54) is 39.2 Å². The number of fused-ring (bicyclic) bond motifs is 3. The molecule has 2 aromatic carbocycles. The van der Waals surface area contributed by atoms with Crippen molar-refractivity contribution in [1.82, 2.24) is 5.32 Å². The number of rotatable bonds is 7. The highest BCUT2D eigenvalue weighted by Crippen LogP contribution is 2.52. The monoisotopic (exact) mass is 611 g/mol. The van der Waals surface area contributed by atoms with Crippen LogP contribution >= 0.6 is 0 Å². The zero-order valence-electron chi connectivity index (χ0n) is 24.2. The Labute approximate surface area is 251 Å². The molecule has 2 aliphatic carbocycles. The summed E-state index contributed by atoms with van der Waals surface area (Å²) < 4.78 is 17.2. The van der Waals surface area contributed by atoms with E-state index in [0.717, 1.165) is 0 Å². The normalized spacial score (nSPS) is 27.5. The summed E-state index contributed by atoms with van der Waals surface area (Å²) >= 11 is 0. The number of aliphatic hydroxyl groups is 3. The molecule has 0 spiro atoms. The highest BCUT2D eigenvalue weighted by molar-refractivity contribution is 6.31. The molecular formula is C31H33NO12. The molecule has 6 atom stereocenters. The number of phenols is 2. The van der Waals surface area contributed by atoms with Gasteiger partial charge in [-0.25, -0.2) is 0 Å². The first-order valence-corrected chi connectivity index (χ1v) is 13.9. The molecule has 13 nitrogen and oxygen atoms in total. The second-order valence-corrected chi connectivity index (χ2v) is 11.4. The number of methoxy groups -OCH3 is 1. The summed E-state index contributed by atoms with van der Waals surface area (Å²) in [6, 6.07) is 3.46. The standard InChI is InChI=1S/C31H33NO12/c1-12(2)30(40)32-16-8-20(43-13(3)25(16)35)44-18-10-31(41,19(34)11-33)9-15-22(18)29(39)24-23(27(15)37)26(36)14-6-5-7-17(42-4)21(14)28(24)38/h5-7,13,16,18,20,25,33,35,37,39,41H,1,8-11H2,2-4H3,(H,32,40)/t13?,16?,18-,20?,25?,31-/m0/s1. The van der Waals surface area contributed by atoms with Crippen LogP contribution in [0.5, 0.6) is 17.2 Å². The summed E-state index contributed by atoms with van der Waals surface area (Å²) in [7, 11) is 1.31. The van der Waals surface area contributed by atoms with Gasteiger partial charge in [-0.15, -0.1) is 0 Å². The zero-order chi connectivity index (χ0) is 32.2. The smallest absolute Gasteiger partial charge is 0.246 e. The van der Waals surface area contributed by atoms with Crippen molar-refractivity contribution < 1.29 is 58.9 Å². The quantitative estimate of drug-likeness (QED) is 0.161. The number of carbonyl (C=O) groups is 4. The van der Waals surface area contributed by atoms with Gasteiger partial charge in [0, 0.05) is 41.5 Å². The van der Waals surface area contributed by atoms with Gasteiger partial charge in [-0.2, -0.15) is 0 Å². The summed E-state index contributed by atoms with van der Waals surface area (Å²) in [6.45, 7) is 5.56. The maximum Gasteiger partial charge on any atom is 0.246 e. The molecule has 4 unspecified atom stereocenters. The molecule has 6 N–H and O–H groups in total. The lowest BCUT2D eigenvalue weighted by Crippen LogP contribution is -2.56. The van der Waals surface area contributed by atoms with Gasteiger partial charge in [-0.3, -0.25) is 19.2 Å². The summed E-state index contributed by atoms with van der Waals surface area (Å²) in [5.41, 5.74) is -3.71. The Bertz CT molecular complexity index is 1600. The number of hydrogen-bond acceptors (Lipinski definition) is 12. The van der Waals surface area contributed by atoms with Crippen molar-refractivity contribution in [3.05, 3.63) is 63.7 Å². The van der Waals surface area contributed by atoms with Crippen LogP contribution in [-0.4, -0.2) is 92.6 Å². The van der Waals surface area contributed by atoms with Crippen molar-refractivity contribution in [2.45, 2.75) is 69.4 Å². The van der Waals surface area contributed by atoms with Gasteiger partial charge in [-0.05, 0) is 19.9 Å². The van der Waals surface area contributed by atoms with Crippen molar-refractivity contribution in [3.8, 4) is 17.2 Å². The van der Waals surface area contributed by atoms with Crippen LogP contribution in [0.4, 0.5) is 0 Å². The topological polar surface area (TPSA) is 209 Å². The number of hydrogen-bond donors (Lipinski definition) is 6. The minimum atomic E-state index is -2.30. The number of Topliss-reactive ketones (excluding diaryl/α,β-unsaturated/α-hetero) is 1. The molecule has 1 aliphatic heterocycles. The van der Waals surface area contributed by atoms with E-state index >= 15 is 0 Å². The number of ketones is 3. The van der Waals surface area contributed by atoms with E-state index in [9.17, 15) is 44.7 Å². The Hall–Kier alpha value is -4.14. The number of phenolic OH excluding ortho intramolecular Hbond substituents is 2. The summed E-state index contributed by atoms with van der Waals surface area (Å²) in [6.07, 6.45) is -5.87. The number of aliphatic hydroxyl groups excluding tert-OH is 2. The largest absolute Gasteiger partial charge is 0.507 e. The third kappa shape index (κ3) is 4.96. The molecule has 0 radical (unpaired) electrons. The highest BCUT2D eigenvalue weighted by Gasteiger charge is 2.50. The van der Waals surface area contributed by atoms with Crippen molar-refractivity contribution in [1.29, 1.82) is 0 Å². The zero-order valence-corrected chi connectivity index (χ0v) is 24.2. The maximum atomic E-state index is 13.8. The van der Waals surface area contributed by atoms with Crippen LogP contribution < -0.4 is 10.1 Å². The van der Waals surface area contributed by atoms with Gasteiger partial charge >= 0.3 is 0 Å². The lowest BCUT2D eigenvalue weighted by Gasteiger charge is -2.43. The van der Waals surface area contributed by atoms with Crippen molar-refractivity contribution in [2.24, 2.45) is 0 Å². The van der Waals surface area contributed by atoms with Crippen LogP contribution in [0, 0.1) is 0 Å². The number of benzene rings is 2. The Morgan fingerprint density at radius 2 is 1.82 bits per heavy atom. The van der Waals surface area contributed by atoms with Crippen LogP contribution in [-0.2, 0) is 25.5 Å². The molecular weight excluding hydrogens is 578 g/mol. The predicted octanol–water partition coefficient (Wildman–Crippen LogP) is 0.735. The first-order chi connectivity index (χ1) is 20.7. The Balaban J connectivity index is 1.62. The van der Waals surface area contributed by atoms with E-state index in [1.807, 2.05) is 0 Å². The van der Waals surface area contributed by atoms with Gasteiger partial charge in [0.1, 0.15) is 35.6 Å². The minimum Gasteiger partial charge on any atom is -0.507 e. The van der Waals surface area contributed by atoms with E-state index in [1.54, 1.807) is 0 Å². The molecule has 1 heterocycles.